The van der Waals surface area contributed by atoms with Crippen LogP contribution in [0.3, 0.4) is 0 Å². The molecule has 0 unspecified atom stereocenters. The molecule has 2 saturated carbocycles. The first-order valence-corrected chi connectivity index (χ1v) is 9.20. The van der Waals surface area contributed by atoms with Gasteiger partial charge in [0.05, 0.1) is 14.2 Å². The summed E-state index contributed by atoms with van der Waals surface area (Å²) in [4.78, 5) is 23.8. The minimum absolute atomic E-state index is 0.113. The molecule has 0 aliphatic heterocycles. The van der Waals surface area contributed by atoms with E-state index in [0.717, 1.165) is 11.8 Å². The Morgan fingerprint density at radius 1 is 1.19 bits per heavy atom. The molecule has 1 amide bonds. The van der Waals surface area contributed by atoms with Gasteiger partial charge < -0.3 is 19.5 Å². The number of esters is 1. The Hall–Kier alpha value is -2.24. The Balaban J connectivity index is 1.62. The van der Waals surface area contributed by atoms with Gasteiger partial charge in [0.2, 0.25) is 0 Å². The van der Waals surface area contributed by atoms with E-state index < -0.39 is 5.97 Å². The smallest absolute Gasteiger partial charge is 0.343 e. The van der Waals surface area contributed by atoms with E-state index in [4.69, 9.17) is 9.47 Å². The van der Waals surface area contributed by atoms with Crippen molar-refractivity contribution in [1.29, 1.82) is 0 Å². The van der Waals surface area contributed by atoms with Crippen LogP contribution in [0.5, 0.6) is 11.5 Å². The van der Waals surface area contributed by atoms with Crippen molar-refractivity contribution >= 4 is 11.9 Å². The SMILES string of the molecule is COC(=O)COc1ccc(C(=O)N[C@H](C)[C@H]2C[C@@H]3CC[C@@H]2C3)cc1OC. The zero-order valence-corrected chi connectivity index (χ0v) is 15.6. The van der Waals surface area contributed by atoms with Crippen molar-refractivity contribution in [3.05, 3.63) is 23.8 Å². The van der Waals surface area contributed by atoms with Gasteiger partial charge in [0, 0.05) is 11.6 Å². The van der Waals surface area contributed by atoms with Crippen LogP contribution >= 0.6 is 0 Å². The summed E-state index contributed by atoms with van der Waals surface area (Å²) >= 11 is 0. The molecule has 4 atom stereocenters. The van der Waals surface area contributed by atoms with Gasteiger partial charge in [-0.05, 0) is 62.1 Å². The second kappa shape index (κ2) is 7.98. The van der Waals surface area contributed by atoms with Crippen LogP contribution < -0.4 is 14.8 Å². The molecule has 1 aromatic carbocycles. The van der Waals surface area contributed by atoms with Gasteiger partial charge in [0.15, 0.2) is 18.1 Å². The molecule has 0 aromatic heterocycles. The Morgan fingerprint density at radius 3 is 2.62 bits per heavy atom. The molecule has 3 rings (SSSR count). The molecule has 0 heterocycles. The Labute approximate surface area is 154 Å². The van der Waals surface area contributed by atoms with E-state index >= 15 is 0 Å². The molecule has 2 aliphatic rings. The lowest BCUT2D eigenvalue weighted by molar-refractivity contribution is -0.142. The van der Waals surface area contributed by atoms with Crippen LogP contribution in [-0.4, -0.2) is 38.7 Å². The van der Waals surface area contributed by atoms with Crippen LogP contribution in [0.4, 0.5) is 0 Å². The first kappa shape index (κ1) is 18.5. The second-order valence-corrected chi connectivity index (χ2v) is 7.33. The molecule has 6 nitrogen and oxygen atoms in total. The van der Waals surface area contributed by atoms with Gasteiger partial charge in [-0.25, -0.2) is 4.79 Å². The Morgan fingerprint density at radius 2 is 2.00 bits per heavy atom. The van der Waals surface area contributed by atoms with Crippen molar-refractivity contribution in [2.75, 3.05) is 20.8 Å². The standard InChI is InChI=1S/C20H27NO5/c1-12(16-9-13-4-5-14(16)8-13)21-20(23)15-6-7-17(18(10-15)24-2)26-11-19(22)25-3/h6-7,10,12-14,16H,4-5,8-9,11H2,1-3H3,(H,21,23)/t12-,13-,14-,16-/m1/s1. The van der Waals surface area contributed by atoms with Gasteiger partial charge in [-0.1, -0.05) is 6.42 Å². The molecule has 0 saturated heterocycles. The Bertz CT molecular complexity index is 674. The van der Waals surface area contributed by atoms with E-state index in [0.29, 0.717) is 23.0 Å². The zero-order valence-electron chi connectivity index (χ0n) is 15.6. The summed E-state index contributed by atoms with van der Waals surface area (Å²) in [6, 6.07) is 5.12. The molecule has 0 spiro atoms. The van der Waals surface area contributed by atoms with Crippen LogP contribution in [0.25, 0.3) is 0 Å². The fraction of sp³-hybridized carbons (Fsp3) is 0.600. The highest BCUT2D eigenvalue weighted by Crippen LogP contribution is 2.49. The molecular formula is C20H27NO5. The summed E-state index contributed by atoms with van der Waals surface area (Å²) in [6.45, 7) is 1.90. The predicted octanol–water partition coefficient (Wildman–Crippen LogP) is 2.80. The van der Waals surface area contributed by atoms with Crippen molar-refractivity contribution in [2.45, 2.75) is 38.6 Å². The van der Waals surface area contributed by atoms with Gasteiger partial charge in [0.25, 0.3) is 5.91 Å². The third-order valence-corrected chi connectivity index (χ3v) is 5.79. The maximum Gasteiger partial charge on any atom is 0.343 e. The van der Waals surface area contributed by atoms with Gasteiger partial charge in [-0.15, -0.1) is 0 Å². The summed E-state index contributed by atoms with van der Waals surface area (Å²) < 4.78 is 15.2. The van der Waals surface area contributed by atoms with E-state index in [1.165, 1.54) is 39.9 Å². The lowest BCUT2D eigenvalue weighted by atomic mass is 9.84. The maximum absolute atomic E-state index is 12.6. The van der Waals surface area contributed by atoms with Gasteiger partial charge in [0.1, 0.15) is 0 Å². The number of fused-ring (bicyclic) bond motifs is 2. The molecule has 1 aromatic rings. The number of methoxy groups -OCH3 is 2. The van der Waals surface area contributed by atoms with E-state index in [-0.39, 0.29) is 18.6 Å². The quantitative estimate of drug-likeness (QED) is 0.756. The van der Waals surface area contributed by atoms with Gasteiger partial charge in [-0.2, -0.15) is 0 Å². The summed E-state index contributed by atoms with van der Waals surface area (Å²) in [7, 11) is 2.80. The van der Waals surface area contributed by atoms with Crippen LogP contribution in [-0.2, 0) is 9.53 Å². The van der Waals surface area contributed by atoms with E-state index in [2.05, 4.69) is 17.0 Å². The predicted molar refractivity (Wildman–Crippen MR) is 96.4 cm³/mol. The number of ether oxygens (including phenoxy) is 3. The average Bonchev–Trinajstić information content (AvgIpc) is 3.29. The molecule has 142 valence electrons. The highest BCUT2D eigenvalue weighted by atomic mass is 16.6. The molecule has 2 bridgehead atoms. The lowest BCUT2D eigenvalue weighted by Crippen LogP contribution is -2.40. The van der Waals surface area contributed by atoms with Crippen LogP contribution in [0, 0.1) is 17.8 Å². The largest absolute Gasteiger partial charge is 0.493 e. The lowest BCUT2D eigenvalue weighted by Gasteiger charge is -2.28. The summed E-state index contributed by atoms with van der Waals surface area (Å²) in [6.07, 6.45) is 5.21. The number of hydrogen-bond donors (Lipinski definition) is 1. The molecule has 2 aliphatic carbocycles. The molecule has 0 radical (unpaired) electrons. The van der Waals surface area contributed by atoms with Gasteiger partial charge in [-0.3, -0.25) is 4.79 Å². The number of hydrogen-bond acceptors (Lipinski definition) is 5. The number of carbonyl (C=O) groups excluding carboxylic acids is 2. The highest BCUT2D eigenvalue weighted by molar-refractivity contribution is 5.95. The van der Waals surface area contributed by atoms with Crippen molar-refractivity contribution in [2.24, 2.45) is 17.8 Å². The maximum atomic E-state index is 12.6. The van der Waals surface area contributed by atoms with E-state index in [1.807, 2.05) is 0 Å². The molecule has 2 fully saturated rings. The number of carbonyl (C=O) groups is 2. The fourth-order valence-electron chi connectivity index (χ4n) is 4.43. The van der Waals surface area contributed by atoms with Crippen molar-refractivity contribution in [3.63, 3.8) is 0 Å². The summed E-state index contributed by atoms with van der Waals surface area (Å²) in [5, 5.41) is 3.14. The highest BCUT2D eigenvalue weighted by Gasteiger charge is 2.42. The summed E-state index contributed by atoms with van der Waals surface area (Å²) in [5.74, 6) is 2.42. The fourth-order valence-corrected chi connectivity index (χ4v) is 4.43. The first-order chi connectivity index (χ1) is 12.5. The van der Waals surface area contributed by atoms with Crippen molar-refractivity contribution < 1.29 is 23.8 Å². The van der Waals surface area contributed by atoms with Crippen molar-refractivity contribution in [1.82, 2.24) is 5.32 Å². The van der Waals surface area contributed by atoms with E-state index in [1.54, 1.807) is 18.2 Å². The topological polar surface area (TPSA) is 73.9 Å². The first-order valence-electron chi connectivity index (χ1n) is 9.20. The van der Waals surface area contributed by atoms with Crippen LogP contribution in [0.2, 0.25) is 0 Å². The Kier molecular flexibility index (Phi) is 5.69. The molecular weight excluding hydrogens is 334 g/mol. The molecule has 1 N–H and O–H groups in total. The van der Waals surface area contributed by atoms with Gasteiger partial charge >= 0.3 is 5.97 Å². The average molecular weight is 361 g/mol. The third kappa shape index (κ3) is 3.94. The zero-order chi connectivity index (χ0) is 18.7. The van der Waals surface area contributed by atoms with Crippen LogP contribution in [0.15, 0.2) is 18.2 Å². The molecule has 6 heteroatoms. The number of benzene rings is 1. The minimum Gasteiger partial charge on any atom is -0.493 e. The third-order valence-electron chi connectivity index (χ3n) is 5.79. The monoisotopic (exact) mass is 361 g/mol. The second-order valence-electron chi connectivity index (χ2n) is 7.33. The number of amides is 1. The van der Waals surface area contributed by atoms with Crippen molar-refractivity contribution in [3.8, 4) is 11.5 Å². The summed E-state index contributed by atoms with van der Waals surface area (Å²) in [5.41, 5.74) is 0.516. The normalized spacial score (nSPS) is 24.8. The number of rotatable bonds is 7. The van der Waals surface area contributed by atoms with Crippen LogP contribution in [0.1, 0.15) is 43.0 Å². The van der Waals surface area contributed by atoms with E-state index in [9.17, 15) is 9.59 Å². The number of nitrogens with one attached hydrogen (secondary N) is 1. The molecule has 26 heavy (non-hydrogen) atoms. The minimum atomic E-state index is -0.478.